The van der Waals surface area contributed by atoms with Gasteiger partial charge in [-0.1, -0.05) is 23.4 Å². The number of nitrogens with zero attached hydrogens (tertiary/aromatic N) is 2. The van der Waals surface area contributed by atoms with E-state index in [2.05, 4.69) is 10.1 Å². The molecule has 3 aromatic heterocycles. The molecule has 25 heavy (non-hydrogen) atoms. The Morgan fingerprint density at radius 3 is 2.80 bits per heavy atom. The Hall–Kier alpha value is -3.12. The van der Waals surface area contributed by atoms with E-state index in [0.717, 1.165) is 32.8 Å². The fourth-order valence-electron chi connectivity index (χ4n) is 2.98. The lowest BCUT2D eigenvalue weighted by atomic mass is 10.1. The van der Waals surface area contributed by atoms with Crippen LogP contribution in [-0.2, 0) is 0 Å². The van der Waals surface area contributed by atoms with Crippen LogP contribution in [0.2, 0.25) is 0 Å². The number of aryl methyl sites for hydroxylation is 1. The lowest BCUT2D eigenvalue weighted by Crippen LogP contribution is -1.84. The number of anilines is 1. The maximum Gasteiger partial charge on any atom is 0.210 e. The van der Waals surface area contributed by atoms with Crippen molar-refractivity contribution < 1.29 is 8.94 Å². The van der Waals surface area contributed by atoms with Gasteiger partial charge in [-0.3, -0.25) is 0 Å². The van der Waals surface area contributed by atoms with E-state index < -0.39 is 0 Å². The predicted molar refractivity (Wildman–Crippen MR) is 99.5 cm³/mol. The molecule has 0 saturated heterocycles. The van der Waals surface area contributed by atoms with Gasteiger partial charge >= 0.3 is 0 Å². The van der Waals surface area contributed by atoms with Gasteiger partial charge in [0.25, 0.3) is 0 Å². The third kappa shape index (κ3) is 2.22. The van der Waals surface area contributed by atoms with Crippen molar-refractivity contribution in [1.82, 2.24) is 10.1 Å². The summed E-state index contributed by atoms with van der Waals surface area (Å²) in [7, 11) is 0. The number of benzene rings is 2. The van der Waals surface area contributed by atoms with Crippen molar-refractivity contribution in [1.29, 1.82) is 0 Å². The number of hydrogen-bond acceptors (Lipinski definition) is 6. The molecule has 2 aromatic carbocycles. The normalized spacial score (nSPS) is 11.6. The van der Waals surface area contributed by atoms with E-state index in [9.17, 15) is 0 Å². The molecule has 0 aliphatic heterocycles. The first-order valence-electron chi connectivity index (χ1n) is 7.79. The molecule has 0 unspecified atom stereocenters. The minimum Gasteiger partial charge on any atom is -0.450 e. The van der Waals surface area contributed by atoms with Crippen molar-refractivity contribution in [2.75, 3.05) is 5.73 Å². The lowest BCUT2D eigenvalue weighted by molar-refractivity contribution is 0.438. The molecule has 0 saturated carbocycles. The maximum atomic E-state index is 6.07. The number of hydrogen-bond donors (Lipinski definition) is 1. The number of furan rings is 1. The summed E-state index contributed by atoms with van der Waals surface area (Å²) in [4.78, 5) is 4.53. The first-order chi connectivity index (χ1) is 12.2. The summed E-state index contributed by atoms with van der Waals surface area (Å²) in [6.07, 6.45) is 0. The molecule has 0 atom stereocenters. The maximum absolute atomic E-state index is 6.07. The Morgan fingerprint density at radius 1 is 1.08 bits per heavy atom. The number of fused-ring (bicyclic) bond motifs is 3. The van der Waals surface area contributed by atoms with E-state index >= 15 is 0 Å². The van der Waals surface area contributed by atoms with Crippen molar-refractivity contribution in [3.05, 3.63) is 52.9 Å². The van der Waals surface area contributed by atoms with Gasteiger partial charge in [-0.15, -0.1) is 11.3 Å². The van der Waals surface area contributed by atoms with E-state index in [1.165, 1.54) is 0 Å². The highest BCUT2D eigenvalue weighted by molar-refractivity contribution is 7.09. The van der Waals surface area contributed by atoms with Gasteiger partial charge in [-0.05, 0) is 31.2 Å². The van der Waals surface area contributed by atoms with Crippen LogP contribution in [-0.4, -0.2) is 10.1 Å². The van der Waals surface area contributed by atoms with Gasteiger partial charge in [0, 0.05) is 22.2 Å². The third-order valence-electron chi connectivity index (χ3n) is 4.16. The molecule has 0 amide bonds. The van der Waals surface area contributed by atoms with Crippen molar-refractivity contribution in [3.63, 3.8) is 0 Å². The van der Waals surface area contributed by atoms with E-state index in [4.69, 9.17) is 14.7 Å². The van der Waals surface area contributed by atoms with Crippen LogP contribution in [0.1, 0.15) is 5.01 Å². The summed E-state index contributed by atoms with van der Waals surface area (Å²) in [6.45, 7) is 2.00. The molecule has 122 valence electrons. The Bertz CT molecular complexity index is 1230. The van der Waals surface area contributed by atoms with Crippen LogP contribution in [0.4, 0.5) is 5.69 Å². The molecule has 0 aliphatic carbocycles. The molecule has 5 nitrogen and oxygen atoms in total. The monoisotopic (exact) mass is 347 g/mol. The predicted octanol–water partition coefficient (Wildman–Crippen LogP) is 5.26. The average Bonchev–Trinajstić information content (AvgIpc) is 3.28. The molecular formula is C19H13N3O2S. The van der Waals surface area contributed by atoms with Gasteiger partial charge in [-0.2, -0.15) is 0 Å². The first-order valence-corrected chi connectivity index (χ1v) is 8.67. The Balaban J connectivity index is 1.70. The largest absolute Gasteiger partial charge is 0.450 e. The summed E-state index contributed by atoms with van der Waals surface area (Å²) >= 11 is 1.63. The molecule has 0 fully saturated rings. The second-order valence-electron chi connectivity index (χ2n) is 5.88. The van der Waals surface area contributed by atoms with Gasteiger partial charge in [0.2, 0.25) is 11.3 Å². The van der Waals surface area contributed by atoms with Crippen molar-refractivity contribution in [2.45, 2.75) is 6.92 Å². The quantitative estimate of drug-likeness (QED) is 0.441. The highest BCUT2D eigenvalue weighted by Gasteiger charge is 2.19. The summed E-state index contributed by atoms with van der Waals surface area (Å²) in [5.41, 5.74) is 11.5. The number of aromatic nitrogens is 2. The number of rotatable bonds is 2. The van der Waals surface area contributed by atoms with Gasteiger partial charge in [0.05, 0.1) is 16.1 Å². The number of thiazole rings is 1. The zero-order valence-electron chi connectivity index (χ0n) is 13.3. The molecule has 0 radical (unpaired) electrons. The minimum atomic E-state index is 0.588. The number of nitrogens with two attached hydrogens (primary N) is 1. The van der Waals surface area contributed by atoms with Gasteiger partial charge in [0.1, 0.15) is 5.58 Å². The lowest BCUT2D eigenvalue weighted by Gasteiger charge is -1.97. The topological polar surface area (TPSA) is 78.1 Å². The van der Waals surface area contributed by atoms with Gasteiger partial charge in [0.15, 0.2) is 5.52 Å². The minimum absolute atomic E-state index is 0.588. The van der Waals surface area contributed by atoms with Crippen LogP contribution in [0.15, 0.2) is 56.8 Å². The van der Waals surface area contributed by atoms with Gasteiger partial charge in [-0.25, -0.2) is 4.98 Å². The third-order valence-corrected chi connectivity index (χ3v) is 4.94. The SMILES string of the molecule is Cc1nc(-c2ccc3c(c2)oc2c(-c4cccc(N)c4)onc23)cs1. The molecular weight excluding hydrogens is 334 g/mol. The van der Waals surface area contributed by atoms with E-state index in [-0.39, 0.29) is 0 Å². The van der Waals surface area contributed by atoms with Crippen LogP contribution in [0, 0.1) is 6.92 Å². The highest BCUT2D eigenvalue weighted by Crippen LogP contribution is 2.37. The summed E-state index contributed by atoms with van der Waals surface area (Å²) < 4.78 is 11.6. The van der Waals surface area contributed by atoms with Crippen LogP contribution in [0.25, 0.3) is 44.7 Å². The summed E-state index contributed by atoms with van der Waals surface area (Å²) in [6, 6.07) is 13.5. The van der Waals surface area contributed by atoms with Crippen molar-refractivity contribution >= 4 is 39.1 Å². The van der Waals surface area contributed by atoms with E-state index in [1.54, 1.807) is 11.3 Å². The number of nitrogen functional groups attached to an aromatic ring is 1. The van der Waals surface area contributed by atoms with Crippen LogP contribution < -0.4 is 5.73 Å². The molecule has 5 aromatic rings. The fraction of sp³-hybridized carbons (Fsp3) is 0.0526. The Labute approximate surface area is 146 Å². The smallest absolute Gasteiger partial charge is 0.210 e. The Kier molecular flexibility index (Phi) is 2.96. The Morgan fingerprint density at radius 2 is 2.00 bits per heavy atom. The highest BCUT2D eigenvalue weighted by atomic mass is 32.1. The van der Waals surface area contributed by atoms with Gasteiger partial charge < -0.3 is 14.7 Å². The van der Waals surface area contributed by atoms with Crippen molar-refractivity contribution in [3.8, 4) is 22.6 Å². The average molecular weight is 347 g/mol. The first kappa shape index (κ1) is 14.2. The molecule has 0 bridgehead atoms. The summed E-state index contributed by atoms with van der Waals surface area (Å²) in [5, 5.41) is 8.20. The zero-order chi connectivity index (χ0) is 17.0. The zero-order valence-corrected chi connectivity index (χ0v) is 14.1. The molecule has 6 heteroatoms. The second kappa shape index (κ2) is 5.19. The van der Waals surface area contributed by atoms with E-state index in [0.29, 0.717) is 22.5 Å². The summed E-state index contributed by atoms with van der Waals surface area (Å²) in [5.74, 6) is 0.588. The van der Waals surface area contributed by atoms with E-state index in [1.807, 2.05) is 54.8 Å². The molecule has 3 heterocycles. The standard InChI is InChI=1S/C19H13N3O2S/c1-10-21-15(9-25-10)11-5-6-14-16(8-11)23-19-17(14)22-24-18(19)12-3-2-4-13(20)7-12/h2-9H,20H2,1H3. The molecule has 0 aliphatic rings. The second-order valence-corrected chi connectivity index (χ2v) is 6.94. The molecule has 2 N–H and O–H groups in total. The molecule has 0 spiro atoms. The fourth-order valence-corrected chi connectivity index (χ4v) is 3.60. The van der Waals surface area contributed by atoms with Crippen molar-refractivity contribution in [2.24, 2.45) is 0 Å². The molecule has 5 rings (SSSR count). The van der Waals surface area contributed by atoms with Crippen LogP contribution in [0.3, 0.4) is 0 Å². The van der Waals surface area contributed by atoms with Crippen LogP contribution in [0.5, 0.6) is 0 Å². The van der Waals surface area contributed by atoms with Crippen LogP contribution >= 0.6 is 11.3 Å².